The number of aromatic nitrogens is 1. The Morgan fingerprint density at radius 3 is 1.97 bits per heavy atom. The van der Waals surface area contributed by atoms with Gasteiger partial charge in [0, 0.05) is 10.9 Å². The number of rotatable bonds is 3. The van der Waals surface area contributed by atoms with Crippen LogP contribution in [0.3, 0.4) is 0 Å². The van der Waals surface area contributed by atoms with Gasteiger partial charge in [-0.3, -0.25) is 0 Å². The van der Waals surface area contributed by atoms with Crippen molar-refractivity contribution in [3.8, 4) is 16.3 Å². The molecule has 0 aliphatic carbocycles. The van der Waals surface area contributed by atoms with Gasteiger partial charge in [-0.15, -0.1) is 16.5 Å². The van der Waals surface area contributed by atoms with Gasteiger partial charge in [-0.1, -0.05) is 97.9 Å². The quantitative estimate of drug-likeness (QED) is 0.243. The van der Waals surface area contributed by atoms with Gasteiger partial charge in [0.05, 0.1) is 15.9 Å². The predicted octanol–water partition coefficient (Wildman–Crippen LogP) is 11.7. The maximum Gasteiger partial charge on any atom is 0.150 e. The number of fused-ring (bicyclic) bond motifs is 2. The van der Waals surface area contributed by atoms with Crippen LogP contribution in [0.1, 0.15) is 61.0 Å². The number of phenolic OH excluding ortho intramolecular Hbond substituents is 1. The lowest BCUT2D eigenvalue weighted by molar-refractivity contribution is 0.482. The van der Waals surface area contributed by atoms with E-state index in [0.29, 0.717) is 5.69 Å². The maximum absolute atomic E-state index is 10.5. The SMILES string of the molecule is CC.CC.CC.CC.Cc1cccc2nc(-c3ccc(N=Nc4ccc5ccccc5c4O)cc3)sc12. The van der Waals surface area contributed by atoms with E-state index < -0.39 is 0 Å². The highest BCUT2D eigenvalue weighted by Gasteiger charge is 2.08. The lowest BCUT2D eigenvalue weighted by atomic mass is 10.1. The fourth-order valence-electron chi connectivity index (χ4n) is 3.32. The number of thiazole rings is 1. The Bertz CT molecular complexity index is 1370. The van der Waals surface area contributed by atoms with Crippen molar-refractivity contribution < 1.29 is 5.11 Å². The molecule has 0 bridgehead atoms. The van der Waals surface area contributed by atoms with E-state index in [9.17, 15) is 5.11 Å². The first kappa shape index (κ1) is 31.5. The topological polar surface area (TPSA) is 57.8 Å². The fraction of sp³-hybridized carbons (Fsp3) is 0.281. The van der Waals surface area contributed by atoms with E-state index in [0.717, 1.165) is 32.5 Å². The van der Waals surface area contributed by atoms with E-state index in [1.807, 2.05) is 122 Å². The standard InChI is InChI=1S/C24H17N3OS.4C2H6/c1-15-5-4-8-21-23(15)29-24(25-21)17-9-12-18(13-10-17)26-27-20-14-11-16-6-2-3-7-19(16)22(20)28;4*1-2/h2-14,28H,1H3;4*1-2H3. The number of hydrogen-bond acceptors (Lipinski definition) is 5. The second kappa shape index (κ2) is 17.0. The molecule has 1 aromatic heterocycles. The van der Waals surface area contributed by atoms with E-state index in [-0.39, 0.29) is 5.75 Å². The summed E-state index contributed by atoms with van der Waals surface area (Å²) in [5.74, 6) is 0.147. The Morgan fingerprint density at radius 2 is 1.32 bits per heavy atom. The first-order valence-corrected chi connectivity index (χ1v) is 14.1. The molecule has 0 spiro atoms. The van der Waals surface area contributed by atoms with Crippen LogP contribution < -0.4 is 0 Å². The number of azo groups is 1. The van der Waals surface area contributed by atoms with E-state index in [2.05, 4.69) is 23.2 Å². The molecule has 4 nitrogen and oxygen atoms in total. The fourth-order valence-corrected chi connectivity index (χ4v) is 4.36. The third kappa shape index (κ3) is 7.96. The molecule has 5 aromatic rings. The van der Waals surface area contributed by atoms with Crippen LogP contribution in [-0.4, -0.2) is 10.1 Å². The Labute approximate surface area is 226 Å². The Balaban J connectivity index is 0.000000784. The number of benzene rings is 4. The molecule has 196 valence electrons. The first-order chi connectivity index (χ1) is 18.2. The number of aromatic hydroxyl groups is 1. The van der Waals surface area contributed by atoms with Crippen LogP contribution in [0.25, 0.3) is 31.6 Å². The average Bonchev–Trinajstić information content (AvgIpc) is 3.43. The van der Waals surface area contributed by atoms with Gasteiger partial charge < -0.3 is 5.11 Å². The molecule has 0 aliphatic heterocycles. The molecule has 0 fully saturated rings. The van der Waals surface area contributed by atoms with Gasteiger partial charge in [0.15, 0.2) is 5.75 Å². The van der Waals surface area contributed by atoms with Crippen LogP contribution in [0.4, 0.5) is 11.4 Å². The van der Waals surface area contributed by atoms with Crippen molar-refractivity contribution in [2.24, 2.45) is 10.2 Å². The van der Waals surface area contributed by atoms with Gasteiger partial charge in [0.1, 0.15) is 10.7 Å². The summed E-state index contributed by atoms with van der Waals surface area (Å²) < 4.78 is 1.22. The van der Waals surface area contributed by atoms with Crippen molar-refractivity contribution in [3.63, 3.8) is 0 Å². The minimum atomic E-state index is 0.147. The minimum Gasteiger partial charge on any atom is -0.505 e. The van der Waals surface area contributed by atoms with Gasteiger partial charge in [-0.25, -0.2) is 4.98 Å². The third-order valence-corrected chi connectivity index (χ3v) is 6.13. The zero-order chi connectivity index (χ0) is 27.8. The van der Waals surface area contributed by atoms with Crippen LogP contribution in [0.15, 0.2) is 89.1 Å². The summed E-state index contributed by atoms with van der Waals surface area (Å²) in [5.41, 5.74) is 4.50. The molecule has 37 heavy (non-hydrogen) atoms. The maximum atomic E-state index is 10.5. The lowest BCUT2D eigenvalue weighted by Crippen LogP contribution is -1.76. The average molecular weight is 516 g/mol. The molecule has 0 saturated carbocycles. The first-order valence-electron chi connectivity index (χ1n) is 13.3. The normalized spacial score (nSPS) is 9.76. The van der Waals surface area contributed by atoms with Gasteiger partial charge in [-0.05, 0) is 54.3 Å². The van der Waals surface area contributed by atoms with Crippen molar-refractivity contribution in [3.05, 3.63) is 84.4 Å². The van der Waals surface area contributed by atoms with E-state index in [1.165, 1.54) is 10.3 Å². The van der Waals surface area contributed by atoms with E-state index in [4.69, 9.17) is 4.98 Å². The lowest BCUT2D eigenvalue weighted by Gasteiger charge is -2.03. The number of hydrogen-bond donors (Lipinski definition) is 1. The summed E-state index contributed by atoms with van der Waals surface area (Å²) in [5, 5.41) is 21.7. The minimum absolute atomic E-state index is 0.147. The predicted molar refractivity (Wildman–Crippen MR) is 165 cm³/mol. The van der Waals surface area contributed by atoms with Gasteiger partial charge in [0.2, 0.25) is 0 Å². The molecular formula is C32H41N3OS. The summed E-state index contributed by atoms with van der Waals surface area (Å²) >= 11 is 1.70. The molecule has 0 saturated heterocycles. The summed E-state index contributed by atoms with van der Waals surface area (Å²) in [6.07, 6.45) is 0. The Morgan fingerprint density at radius 1 is 0.676 bits per heavy atom. The van der Waals surface area contributed by atoms with Gasteiger partial charge in [0.25, 0.3) is 0 Å². The Hall–Kier alpha value is -3.57. The molecule has 0 radical (unpaired) electrons. The highest BCUT2D eigenvalue weighted by atomic mass is 32.1. The van der Waals surface area contributed by atoms with Crippen molar-refractivity contribution >= 4 is 43.7 Å². The van der Waals surface area contributed by atoms with Gasteiger partial charge >= 0.3 is 0 Å². The van der Waals surface area contributed by atoms with Crippen molar-refractivity contribution in [2.45, 2.75) is 62.3 Å². The second-order valence-corrected chi connectivity index (χ2v) is 7.84. The molecule has 1 heterocycles. The molecule has 0 aliphatic rings. The molecule has 5 rings (SSSR count). The monoisotopic (exact) mass is 515 g/mol. The summed E-state index contributed by atoms with van der Waals surface area (Å²) in [6, 6.07) is 25.4. The van der Waals surface area contributed by atoms with Crippen LogP contribution in [0.5, 0.6) is 5.75 Å². The van der Waals surface area contributed by atoms with Crippen LogP contribution in [-0.2, 0) is 0 Å². The van der Waals surface area contributed by atoms with Crippen LogP contribution in [0, 0.1) is 6.92 Å². The summed E-state index contributed by atoms with van der Waals surface area (Å²) in [7, 11) is 0. The van der Waals surface area contributed by atoms with Gasteiger partial charge in [-0.2, -0.15) is 5.11 Å². The van der Waals surface area contributed by atoms with E-state index >= 15 is 0 Å². The number of phenols is 1. The van der Waals surface area contributed by atoms with Crippen molar-refractivity contribution in [1.82, 2.24) is 4.98 Å². The van der Waals surface area contributed by atoms with Crippen LogP contribution in [0.2, 0.25) is 0 Å². The highest BCUT2D eigenvalue weighted by molar-refractivity contribution is 7.21. The molecule has 0 amide bonds. The summed E-state index contributed by atoms with van der Waals surface area (Å²) in [4.78, 5) is 4.74. The third-order valence-electron chi connectivity index (χ3n) is 4.88. The van der Waals surface area contributed by atoms with Crippen molar-refractivity contribution in [1.29, 1.82) is 0 Å². The molecule has 0 atom stereocenters. The molecule has 5 heteroatoms. The molecule has 0 unspecified atom stereocenters. The second-order valence-electron chi connectivity index (χ2n) is 6.84. The highest BCUT2D eigenvalue weighted by Crippen LogP contribution is 2.36. The zero-order valence-corrected chi connectivity index (χ0v) is 24.5. The number of nitrogens with zero attached hydrogens (tertiary/aromatic N) is 3. The molecule has 1 N–H and O–H groups in total. The molecule has 4 aromatic carbocycles. The Kier molecular flexibility index (Phi) is 14.4. The zero-order valence-electron chi connectivity index (χ0n) is 23.7. The van der Waals surface area contributed by atoms with Crippen LogP contribution >= 0.6 is 11.3 Å². The largest absolute Gasteiger partial charge is 0.505 e. The summed E-state index contributed by atoms with van der Waals surface area (Å²) in [6.45, 7) is 18.1. The number of aryl methyl sites for hydroxylation is 1. The van der Waals surface area contributed by atoms with E-state index in [1.54, 1.807) is 17.4 Å². The molecular weight excluding hydrogens is 474 g/mol. The smallest absolute Gasteiger partial charge is 0.150 e. The van der Waals surface area contributed by atoms with Crippen molar-refractivity contribution in [2.75, 3.05) is 0 Å².